The van der Waals surface area contributed by atoms with Crippen LogP contribution in [-0.2, 0) is 11.2 Å². The van der Waals surface area contributed by atoms with Crippen LogP contribution in [0.1, 0.15) is 35.6 Å². The standard InChI is InChI=1S/C16H15ClN2O2/c1-3-4-13-15-14(9-10(2)21-16(15)20)19(18-13)12-7-5-11(17)6-8-12/h3-8,10H,9H2,1-2H3/b4-3+. The van der Waals surface area contributed by atoms with Gasteiger partial charge in [0.25, 0.3) is 0 Å². The first kappa shape index (κ1) is 13.9. The van der Waals surface area contributed by atoms with Gasteiger partial charge in [-0.3, -0.25) is 0 Å². The van der Waals surface area contributed by atoms with E-state index in [4.69, 9.17) is 16.3 Å². The molecule has 1 aromatic carbocycles. The van der Waals surface area contributed by atoms with Crippen LogP contribution in [-0.4, -0.2) is 21.9 Å². The largest absolute Gasteiger partial charge is 0.459 e. The minimum Gasteiger partial charge on any atom is -0.459 e. The number of aromatic nitrogens is 2. The lowest BCUT2D eigenvalue weighted by Crippen LogP contribution is -2.26. The van der Waals surface area contributed by atoms with Crippen molar-refractivity contribution in [3.05, 3.63) is 52.3 Å². The Kier molecular flexibility index (Phi) is 3.55. The van der Waals surface area contributed by atoms with Gasteiger partial charge in [-0.25, -0.2) is 9.48 Å². The molecular formula is C16H15ClN2O2. The second-order valence-electron chi connectivity index (χ2n) is 5.02. The molecule has 0 bridgehead atoms. The summed E-state index contributed by atoms with van der Waals surface area (Å²) >= 11 is 5.93. The van der Waals surface area contributed by atoms with Crippen LogP contribution in [0.25, 0.3) is 11.8 Å². The molecule has 0 spiro atoms. The first-order valence-corrected chi connectivity index (χ1v) is 7.19. The van der Waals surface area contributed by atoms with Crippen molar-refractivity contribution in [3.8, 4) is 5.69 Å². The smallest absolute Gasteiger partial charge is 0.342 e. The number of benzene rings is 1. The second kappa shape index (κ2) is 5.37. The lowest BCUT2D eigenvalue weighted by molar-refractivity contribution is 0.0297. The molecule has 21 heavy (non-hydrogen) atoms. The summed E-state index contributed by atoms with van der Waals surface area (Å²) in [6.07, 6.45) is 4.18. The maximum absolute atomic E-state index is 12.2. The van der Waals surface area contributed by atoms with Gasteiger partial charge in [0.2, 0.25) is 0 Å². The summed E-state index contributed by atoms with van der Waals surface area (Å²) in [6.45, 7) is 3.78. The molecule has 2 heterocycles. The lowest BCUT2D eigenvalue weighted by Gasteiger charge is -2.20. The summed E-state index contributed by atoms with van der Waals surface area (Å²) in [6, 6.07) is 7.40. The molecule has 1 aromatic heterocycles. The van der Waals surface area contributed by atoms with Crippen molar-refractivity contribution in [1.82, 2.24) is 9.78 Å². The fourth-order valence-corrected chi connectivity index (χ4v) is 2.63. The van der Waals surface area contributed by atoms with Gasteiger partial charge < -0.3 is 4.74 Å². The summed E-state index contributed by atoms with van der Waals surface area (Å²) < 4.78 is 7.12. The normalized spacial score (nSPS) is 17.9. The van der Waals surface area contributed by atoms with Gasteiger partial charge in [0.1, 0.15) is 17.4 Å². The van der Waals surface area contributed by atoms with E-state index >= 15 is 0 Å². The number of carbonyl (C=O) groups is 1. The van der Waals surface area contributed by atoms with Crippen LogP contribution in [0.15, 0.2) is 30.3 Å². The average Bonchev–Trinajstić information content (AvgIpc) is 2.79. The van der Waals surface area contributed by atoms with Crippen molar-refractivity contribution in [1.29, 1.82) is 0 Å². The molecular weight excluding hydrogens is 288 g/mol. The topological polar surface area (TPSA) is 44.1 Å². The third kappa shape index (κ3) is 2.47. The van der Waals surface area contributed by atoms with Gasteiger partial charge >= 0.3 is 5.97 Å². The predicted octanol–water partition coefficient (Wildman–Crippen LogP) is 3.66. The van der Waals surface area contributed by atoms with Gasteiger partial charge in [-0.1, -0.05) is 17.7 Å². The Balaban J connectivity index is 2.19. The third-order valence-electron chi connectivity index (χ3n) is 3.40. The molecule has 1 aliphatic heterocycles. The number of hydrogen-bond donors (Lipinski definition) is 0. The molecule has 0 amide bonds. The zero-order chi connectivity index (χ0) is 15.0. The van der Waals surface area contributed by atoms with E-state index in [-0.39, 0.29) is 12.1 Å². The van der Waals surface area contributed by atoms with Gasteiger partial charge in [-0.15, -0.1) is 0 Å². The molecule has 0 N–H and O–H groups in total. The number of nitrogens with zero attached hydrogens (tertiary/aromatic N) is 2. The van der Waals surface area contributed by atoms with Gasteiger partial charge in [-0.05, 0) is 44.2 Å². The van der Waals surface area contributed by atoms with E-state index < -0.39 is 0 Å². The Bertz CT molecular complexity index is 717. The second-order valence-corrected chi connectivity index (χ2v) is 5.45. The summed E-state index contributed by atoms with van der Waals surface area (Å²) in [5, 5.41) is 5.22. The highest BCUT2D eigenvalue weighted by Crippen LogP contribution is 2.27. The number of ether oxygens (including phenoxy) is 1. The van der Waals surface area contributed by atoms with Crippen molar-refractivity contribution >= 4 is 23.6 Å². The Morgan fingerprint density at radius 3 is 2.76 bits per heavy atom. The van der Waals surface area contributed by atoms with E-state index in [0.29, 0.717) is 22.7 Å². The highest BCUT2D eigenvalue weighted by molar-refractivity contribution is 6.30. The molecule has 1 aliphatic rings. The van der Waals surface area contributed by atoms with Crippen LogP contribution in [0, 0.1) is 0 Å². The number of hydrogen-bond acceptors (Lipinski definition) is 3. The minimum atomic E-state index is -0.308. The Morgan fingerprint density at radius 2 is 2.10 bits per heavy atom. The number of cyclic esters (lactones) is 1. The number of allylic oxidation sites excluding steroid dienone is 1. The number of carbonyl (C=O) groups excluding carboxylic acids is 1. The van der Waals surface area contributed by atoms with Crippen LogP contribution < -0.4 is 0 Å². The lowest BCUT2D eigenvalue weighted by atomic mass is 10.0. The van der Waals surface area contributed by atoms with Crippen LogP contribution in [0.3, 0.4) is 0 Å². The summed E-state index contributed by atoms with van der Waals surface area (Å²) in [5.41, 5.74) is 2.96. The van der Waals surface area contributed by atoms with Crippen molar-refractivity contribution in [3.63, 3.8) is 0 Å². The van der Waals surface area contributed by atoms with Crippen molar-refractivity contribution in [2.24, 2.45) is 0 Å². The average molecular weight is 303 g/mol. The first-order valence-electron chi connectivity index (χ1n) is 6.81. The molecule has 0 aliphatic carbocycles. The zero-order valence-electron chi connectivity index (χ0n) is 11.8. The fraction of sp³-hybridized carbons (Fsp3) is 0.250. The summed E-state index contributed by atoms with van der Waals surface area (Å²) in [7, 11) is 0. The fourth-order valence-electron chi connectivity index (χ4n) is 2.51. The van der Waals surface area contributed by atoms with E-state index in [1.54, 1.807) is 4.68 Å². The summed E-state index contributed by atoms with van der Waals surface area (Å²) in [5.74, 6) is -0.308. The van der Waals surface area contributed by atoms with Crippen LogP contribution in [0.4, 0.5) is 0 Å². The highest BCUT2D eigenvalue weighted by atomic mass is 35.5. The zero-order valence-corrected chi connectivity index (χ0v) is 12.6. The number of halogens is 1. The molecule has 0 saturated carbocycles. The van der Waals surface area contributed by atoms with Crippen molar-refractivity contribution < 1.29 is 9.53 Å². The molecule has 4 nitrogen and oxygen atoms in total. The van der Waals surface area contributed by atoms with E-state index in [0.717, 1.165) is 11.4 Å². The Morgan fingerprint density at radius 1 is 1.38 bits per heavy atom. The van der Waals surface area contributed by atoms with Gasteiger partial charge in [-0.2, -0.15) is 5.10 Å². The molecule has 0 saturated heterocycles. The quantitative estimate of drug-likeness (QED) is 0.795. The SMILES string of the molecule is C/C=C/c1nn(-c2ccc(Cl)cc2)c2c1C(=O)OC(C)C2. The molecule has 2 aromatic rings. The molecule has 1 atom stereocenters. The Hall–Kier alpha value is -2.07. The maximum atomic E-state index is 12.2. The molecule has 3 rings (SSSR count). The van der Waals surface area contributed by atoms with E-state index in [2.05, 4.69) is 5.10 Å². The molecule has 1 unspecified atom stereocenters. The number of rotatable bonds is 2. The maximum Gasteiger partial charge on any atom is 0.342 e. The van der Waals surface area contributed by atoms with E-state index in [1.807, 2.05) is 50.3 Å². The van der Waals surface area contributed by atoms with Crippen LogP contribution in [0.2, 0.25) is 5.02 Å². The summed E-state index contributed by atoms with van der Waals surface area (Å²) in [4.78, 5) is 12.2. The number of fused-ring (bicyclic) bond motifs is 1. The molecule has 0 fully saturated rings. The van der Waals surface area contributed by atoms with E-state index in [9.17, 15) is 4.79 Å². The highest BCUT2D eigenvalue weighted by Gasteiger charge is 2.31. The number of esters is 1. The van der Waals surface area contributed by atoms with Gasteiger partial charge in [0.15, 0.2) is 0 Å². The van der Waals surface area contributed by atoms with Crippen LogP contribution in [0.5, 0.6) is 0 Å². The van der Waals surface area contributed by atoms with Gasteiger partial charge in [0, 0.05) is 11.4 Å². The van der Waals surface area contributed by atoms with E-state index in [1.165, 1.54) is 0 Å². The van der Waals surface area contributed by atoms with Gasteiger partial charge in [0.05, 0.1) is 11.4 Å². The molecule has 5 heteroatoms. The monoisotopic (exact) mass is 302 g/mol. The molecule has 0 radical (unpaired) electrons. The predicted molar refractivity (Wildman–Crippen MR) is 81.9 cm³/mol. The van der Waals surface area contributed by atoms with Crippen LogP contribution >= 0.6 is 11.6 Å². The third-order valence-corrected chi connectivity index (χ3v) is 3.65. The Labute approximate surface area is 128 Å². The van der Waals surface area contributed by atoms with Crippen molar-refractivity contribution in [2.75, 3.05) is 0 Å². The van der Waals surface area contributed by atoms with Crippen molar-refractivity contribution in [2.45, 2.75) is 26.4 Å². The minimum absolute atomic E-state index is 0.147. The first-order chi connectivity index (χ1) is 10.1. The molecule has 108 valence electrons.